The van der Waals surface area contributed by atoms with Crippen LogP contribution in [0.3, 0.4) is 0 Å². The molecule has 2 aromatic rings. The van der Waals surface area contributed by atoms with Gasteiger partial charge in [0.2, 0.25) is 0 Å². The van der Waals surface area contributed by atoms with E-state index in [2.05, 4.69) is 15.6 Å². The number of carbonyl (C=O) groups excluding carboxylic acids is 1. The fourth-order valence-corrected chi connectivity index (χ4v) is 1.90. The maximum absolute atomic E-state index is 12.9. The fourth-order valence-electron chi connectivity index (χ4n) is 1.24. The first-order chi connectivity index (χ1) is 8.13. The highest BCUT2D eigenvalue weighted by Gasteiger charge is 2.05. The maximum Gasteiger partial charge on any atom is 0.325 e. The van der Waals surface area contributed by atoms with Crippen molar-refractivity contribution in [3.8, 4) is 0 Å². The molecule has 1 aromatic heterocycles. The smallest absolute Gasteiger partial charge is 0.308 e. The number of rotatable bonds is 2. The molecule has 0 saturated heterocycles. The molecule has 0 atom stereocenters. The topological polar surface area (TPSA) is 54.0 Å². The minimum atomic E-state index is -0.440. The van der Waals surface area contributed by atoms with Crippen LogP contribution < -0.4 is 10.6 Å². The van der Waals surface area contributed by atoms with Crippen molar-refractivity contribution in [2.75, 3.05) is 10.6 Å². The highest BCUT2D eigenvalue weighted by Crippen LogP contribution is 2.17. The number of amides is 2. The van der Waals surface area contributed by atoms with Crippen LogP contribution in [0.15, 0.2) is 30.5 Å². The summed E-state index contributed by atoms with van der Waals surface area (Å²) in [7, 11) is 0. The van der Waals surface area contributed by atoms with Gasteiger partial charge in [0, 0.05) is 16.8 Å². The van der Waals surface area contributed by atoms with Gasteiger partial charge in [-0.2, -0.15) is 0 Å². The molecule has 4 nitrogen and oxygen atoms in total. The van der Waals surface area contributed by atoms with E-state index in [0.717, 1.165) is 4.88 Å². The fraction of sp³-hybridized carbons (Fsp3) is 0.0909. The average molecular weight is 251 g/mol. The van der Waals surface area contributed by atoms with Gasteiger partial charge in [-0.1, -0.05) is 6.07 Å². The first-order valence-electron chi connectivity index (χ1n) is 4.89. The SMILES string of the molecule is Cc1cnc(NC(=O)Nc2cccc(F)c2)s1. The molecule has 0 saturated carbocycles. The van der Waals surface area contributed by atoms with Gasteiger partial charge in [-0.25, -0.2) is 14.2 Å². The van der Waals surface area contributed by atoms with Gasteiger partial charge in [0.15, 0.2) is 5.13 Å². The van der Waals surface area contributed by atoms with Crippen molar-refractivity contribution in [2.24, 2.45) is 0 Å². The van der Waals surface area contributed by atoms with Crippen molar-refractivity contribution in [1.29, 1.82) is 0 Å². The number of thiazole rings is 1. The van der Waals surface area contributed by atoms with E-state index in [1.54, 1.807) is 12.3 Å². The molecular weight excluding hydrogens is 241 g/mol. The second kappa shape index (κ2) is 4.92. The van der Waals surface area contributed by atoms with Crippen LogP contribution >= 0.6 is 11.3 Å². The largest absolute Gasteiger partial charge is 0.325 e. The van der Waals surface area contributed by atoms with E-state index in [1.165, 1.54) is 29.5 Å². The van der Waals surface area contributed by atoms with E-state index in [4.69, 9.17) is 0 Å². The predicted molar refractivity (Wildman–Crippen MR) is 65.9 cm³/mol. The maximum atomic E-state index is 12.9. The molecule has 88 valence electrons. The monoisotopic (exact) mass is 251 g/mol. The minimum Gasteiger partial charge on any atom is -0.308 e. The van der Waals surface area contributed by atoms with Crippen molar-refractivity contribution in [3.63, 3.8) is 0 Å². The number of anilines is 2. The standard InChI is InChI=1S/C11H10FN3OS/c1-7-6-13-11(17-7)15-10(16)14-9-4-2-3-8(12)5-9/h2-6H,1H3,(H2,13,14,15,16). The van der Waals surface area contributed by atoms with Gasteiger partial charge in [0.05, 0.1) is 0 Å². The van der Waals surface area contributed by atoms with Crippen LogP contribution in [0.1, 0.15) is 4.88 Å². The number of hydrogen-bond acceptors (Lipinski definition) is 3. The van der Waals surface area contributed by atoms with Gasteiger partial charge < -0.3 is 5.32 Å². The Morgan fingerprint density at radius 3 is 2.88 bits per heavy atom. The van der Waals surface area contributed by atoms with Crippen LogP contribution in [0.4, 0.5) is 20.0 Å². The van der Waals surface area contributed by atoms with Crippen LogP contribution in [-0.4, -0.2) is 11.0 Å². The Hall–Kier alpha value is -1.95. The van der Waals surface area contributed by atoms with E-state index in [1.807, 2.05) is 6.92 Å². The van der Waals surface area contributed by atoms with Crippen molar-refractivity contribution in [2.45, 2.75) is 6.92 Å². The molecule has 2 N–H and O–H groups in total. The molecule has 0 fully saturated rings. The van der Waals surface area contributed by atoms with Gasteiger partial charge in [0.1, 0.15) is 5.82 Å². The molecule has 0 aliphatic carbocycles. The third-order valence-electron chi connectivity index (χ3n) is 1.92. The van der Waals surface area contributed by atoms with Crippen molar-refractivity contribution in [3.05, 3.63) is 41.2 Å². The van der Waals surface area contributed by atoms with E-state index in [9.17, 15) is 9.18 Å². The summed E-state index contributed by atoms with van der Waals surface area (Å²) in [6, 6.07) is 5.25. The Morgan fingerprint density at radius 1 is 1.41 bits per heavy atom. The van der Waals surface area contributed by atoms with E-state index >= 15 is 0 Å². The first-order valence-corrected chi connectivity index (χ1v) is 5.71. The Labute approximate surface area is 102 Å². The molecule has 0 bridgehead atoms. The summed E-state index contributed by atoms with van der Waals surface area (Å²) in [4.78, 5) is 16.5. The van der Waals surface area contributed by atoms with Gasteiger partial charge in [-0.05, 0) is 25.1 Å². The zero-order valence-electron chi connectivity index (χ0n) is 9.03. The number of nitrogens with one attached hydrogen (secondary N) is 2. The highest BCUT2D eigenvalue weighted by molar-refractivity contribution is 7.15. The summed E-state index contributed by atoms with van der Waals surface area (Å²) >= 11 is 1.37. The van der Waals surface area contributed by atoms with Crippen molar-refractivity contribution >= 4 is 28.2 Å². The summed E-state index contributed by atoms with van der Waals surface area (Å²) in [6.07, 6.45) is 1.67. The molecule has 17 heavy (non-hydrogen) atoms. The van der Waals surface area contributed by atoms with Crippen molar-refractivity contribution in [1.82, 2.24) is 4.98 Å². The Balaban J connectivity index is 1.98. The number of hydrogen-bond donors (Lipinski definition) is 2. The van der Waals surface area contributed by atoms with Crippen molar-refractivity contribution < 1.29 is 9.18 Å². The van der Waals surface area contributed by atoms with Crippen LogP contribution in [-0.2, 0) is 0 Å². The molecule has 6 heteroatoms. The molecule has 1 aromatic carbocycles. The second-order valence-corrected chi connectivity index (χ2v) is 4.60. The third kappa shape index (κ3) is 3.25. The number of aryl methyl sites for hydroxylation is 1. The lowest BCUT2D eigenvalue weighted by Gasteiger charge is -2.04. The molecule has 0 aliphatic heterocycles. The van der Waals surface area contributed by atoms with Gasteiger partial charge >= 0.3 is 6.03 Å². The van der Waals surface area contributed by atoms with Crippen LogP contribution in [0.2, 0.25) is 0 Å². The molecule has 1 heterocycles. The molecule has 0 spiro atoms. The van der Waals surface area contributed by atoms with Crippen LogP contribution in [0.25, 0.3) is 0 Å². The zero-order valence-corrected chi connectivity index (χ0v) is 9.84. The van der Waals surface area contributed by atoms with Gasteiger partial charge in [0.25, 0.3) is 0 Å². The number of nitrogens with zero attached hydrogens (tertiary/aromatic N) is 1. The van der Waals surface area contributed by atoms with Crippen LogP contribution in [0, 0.1) is 12.7 Å². The first kappa shape index (κ1) is 11.5. The zero-order chi connectivity index (χ0) is 12.3. The lowest BCUT2D eigenvalue weighted by molar-refractivity contribution is 0.262. The summed E-state index contributed by atoms with van der Waals surface area (Å²) in [6.45, 7) is 1.90. The second-order valence-electron chi connectivity index (χ2n) is 3.37. The van der Waals surface area contributed by atoms with E-state index in [-0.39, 0.29) is 0 Å². The molecule has 2 rings (SSSR count). The van der Waals surface area contributed by atoms with Crippen LogP contribution in [0.5, 0.6) is 0 Å². The normalized spacial score (nSPS) is 10.0. The Kier molecular flexibility index (Phi) is 3.34. The predicted octanol–water partition coefficient (Wildman–Crippen LogP) is 3.23. The number of urea groups is 1. The lowest BCUT2D eigenvalue weighted by Crippen LogP contribution is -2.19. The summed E-state index contributed by atoms with van der Waals surface area (Å²) in [5.74, 6) is -0.395. The van der Waals surface area contributed by atoms with Gasteiger partial charge in [-0.15, -0.1) is 11.3 Å². The quantitative estimate of drug-likeness (QED) is 0.860. The molecular formula is C11H10FN3OS. The van der Waals surface area contributed by atoms with E-state index in [0.29, 0.717) is 10.8 Å². The number of benzene rings is 1. The molecule has 0 unspecified atom stereocenters. The highest BCUT2D eigenvalue weighted by atomic mass is 32.1. The number of carbonyl (C=O) groups is 1. The molecule has 0 aliphatic rings. The molecule has 2 amide bonds. The third-order valence-corrected chi connectivity index (χ3v) is 2.75. The summed E-state index contributed by atoms with van der Waals surface area (Å²) in [5, 5.41) is 5.59. The number of aromatic nitrogens is 1. The lowest BCUT2D eigenvalue weighted by atomic mass is 10.3. The average Bonchev–Trinajstić information content (AvgIpc) is 2.63. The summed E-state index contributed by atoms with van der Waals surface area (Å²) in [5.41, 5.74) is 0.399. The Morgan fingerprint density at radius 2 is 2.24 bits per heavy atom. The number of halogens is 1. The summed E-state index contributed by atoms with van der Waals surface area (Å²) < 4.78 is 12.9. The molecule has 0 radical (unpaired) electrons. The van der Waals surface area contributed by atoms with Gasteiger partial charge in [-0.3, -0.25) is 5.32 Å². The minimum absolute atomic E-state index is 0.395. The van der Waals surface area contributed by atoms with E-state index < -0.39 is 11.8 Å². The Bertz CT molecular complexity index is 541.